The molecule has 1 fully saturated rings. The Hall–Kier alpha value is -0.343. The molecular formula is C24H42OSi. The first-order chi connectivity index (χ1) is 12.0. The Morgan fingerprint density at radius 2 is 1.92 bits per heavy atom. The van der Waals surface area contributed by atoms with Crippen LogP contribution in [0.5, 0.6) is 0 Å². The molecule has 1 saturated carbocycles. The summed E-state index contributed by atoms with van der Waals surface area (Å²) in [6.07, 6.45) is 13.5. The zero-order valence-electron chi connectivity index (χ0n) is 18.6. The summed E-state index contributed by atoms with van der Waals surface area (Å²) in [5.74, 6) is 2.41. The van der Waals surface area contributed by atoms with E-state index >= 15 is 0 Å². The third-order valence-corrected chi connectivity index (χ3v) is 13.0. The molecule has 0 heterocycles. The van der Waals surface area contributed by atoms with Gasteiger partial charge in [0.2, 0.25) is 0 Å². The standard InChI is InChI=1S/C24H42OSi/c1-9-10-18-16-20-19(15-17(18)2)13-14-24(6)21(20)11-12-22(24)25-26(7,8)23(3,4)5/h13,15,18,20-22H,9-12,14,16H2,1-8H3/t18-,20?,21-,22-,24-/m0/s1. The minimum atomic E-state index is -1.71. The van der Waals surface area contributed by atoms with Crippen molar-refractivity contribution in [2.45, 2.75) is 104 Å². The average Bonchev–Trinajstić information content (AvgIpc) is 2.84. The summed E-state index contributed by atoms with van der Waals surface area (Å²) in [6, 6.07) is 0. The second kappa shape index (κ2) is 6.92. The topological polar surface area (TPSA) is 9.23 Å². The van der Waals surface area contributed by atoms with Gasteiger partial charge in [-0.2, -0.15) is 0 Å². The van der Waals surface area contributed by atoms with Crippen LogP contribution in [-0.2, 0) is 4.43 Å². The van der Waals surface area contributed by atoms with Gasteiger partial charge in [-0.3, -0.25) is 0 Å². The lowest BCUT2D eigenvalue weighted by atomic mass is 9.59. The third kappa shape index (κ3) is 3.41. The fraction of sp³-hybridized carbons (Fsp3) is 0.833. The van der Waals surface area contributed by atoms with Crippen molar-refractivity contribution in [3.63, 3.8) is 0 Å². The quantitative estimate of drug-likeness (QED) is 0.463. The first-order valence-electron chi connectivity index (χ1n) is 11.1. The van der Waals surface area contributed by atoms with E-state index in [4.69, 9.17) is 4.43 Å². The lowest BCUT2D eigenvalue weighted by molar-refractivity contribution is 0.0263. The number of hydrogen-bond donors (Lipinski definition) is 0. The Bertz CT molecular complexity index is 594. The van der Waals surface area contributed by atoms with Gasteiger partial charge < -0.3 is 4.43 Å². The van der Waals surface area contributed by atoms with Crippen molar-refractivity contribution in [3.8, 4) is 0 Å². The number of rotatable bonds is 4. The number of hydrogen-bond acceptors (Lipinski definition) is 1. The molecule has 1 nitrogen and oxygen atoms in total. The van der Waals surface area contributed by atoms with E-state index in [0.717, 1.165) is 17.8 Å². The Morgan fingerprint density at radius 1 is 1.23 bits per heavy atom. The summed E-state index contributed by atoms with van der Waals surface area (Å²) < 4.78 is 7.01. The van der Waals surface area contributed by atoms with Gasteiger partial charge in [-0.25, -0.2) is 0 Å². The molecule has 0 radical (unpaired) electrons. The van der Waals surface area contributed by atoms with Gasteiger partial charge in [-0.05, 0) is 85.9 Å². The maximum atomic E-state index is 7.01. The predicted octanol–water partition coefficient (Wildman–Crippen LogP) is 7.51. The van der Waals surface area contributed by atoms with E-state index < -0.39 is 8.32 Å². The highest BCUT2D eigenvalue weighted by atomic mass is 28.4. The van der Waals surface area contributed by atoms with Gasteiger partial charge in [0.05, 0.1) is 6.10 Å². The van der Waals surface area contributed by atoms with Crippen LogP contribution in [-0.4, -0.2) is 14.4 Å². The SMILES string of the molecule is CCC[C@H]1CC2C(=CC[C@]3(C)[C@@H](O[Si](C)(C)C(C)(C)C)CC[C@@H]23)C=C1C. The van der Waals surface area contributed by atoms with Crippen molar-refractivity contribution in [1.29, 1.82) is 0 Å². The van der Waals surface area contributed by atoms with E-state index in [-0.39, 0.29) is 0 Å². The van der Waals surface area contributed by atoms with E-state index in [1.54, 1.807) is 11.1 Å². The van der Waals surface area contributed by atoms with Crippen LogP contribution < -0.4 is 0 Å². The van der Waals surface area contributed by atoms with Crippen LogP contribution in [0.2, 0.25) is 18.1 Å². The highest BCUT2D eigenvalue weighted by Gasteiger charge is 2.54. The zero-order chi connectivity index (χ0) is 19.3. The summed E-state index contributed by atoms with van der Waals surface area (Å²) in [5.41, 5.74) is 3.63. The summed E-state index contributed by atoms with van der Waals surface area (Å²) in [6.45, 7) is 19.2. The van der Waals surface area contributed by atoms with Crippen LogP contribution >= 0.6 is 0 Å². The summed E-state index contributed by atoms with van der Waals surface area (Å²) in [5, 5.41) is 0.300. The van der Waals surface area contributed by atoms with Crippen LogP contribution in [0.4, 0.5) is 0 Å². The highest BCUT2D eigenvalue weighted by molar-refractivity contribution is 6.74. The van der Waals surface area contributed by atoms with E-state index in [0.29, 0.717) is 16.6 Å². The largest absolute Gasteiger partial charge is 0.413 e. The second-order valence-corrected chi connectivity index (χ2v) is 15.9. The normalized spacial score (nSPS) is 37.7. The third-order valence-electron chi connectivity index (χ3n) is 8.47. The van der Waals surface area contributed by atoms with Gasteiger partial charge in [0.25, 0.3) is 0 Å². The molecule has 148 valence electrons. The van der Waals surface area contributed by atoms with E-state index in [1.807, 2.05) is 0 Å². The summed E-state index contributed by atoms with van der Waals surface area (Å²) in [4.78, 5) is 0. The molecule has 0 N–H and O–H groups in total. The Morgan fingerprint density at radius 3 is 2.54 bits per heavy atom. The highest BCUT2D eigenvalue weighted by Crippen LogP contribution is 2.59. The Balaban J connectivity index is 1.83. The van der Waals surface area contributed by atoms with Crippen LogP contribution in [0.15, 0.2) is 23.3 Å². The Labute approximate surface area is 163 Å². The molecule has 3 aliphatic carbocycles. The Kier molecular flexibility index (Phi) is 5.43. The lowest BCUT2D eigenvalue weighted by Gasteiger charge is -2.49. The first kappa shape index (κ1) is 20.4. The number of fused-ring (bicyclic) bond motifs is 3. The molecule has 0 saturated heterocycles. The molecule has 0 spiro atoms. The minimum Gasteiger partial charge on any atom is -0.413 e. The average molecular weight is 375 g/mol. The molecule has 0 aliphatic heterocycles. The van der Waals surface area contributed by atoms with Crippen molar-refractivity contribution in [2.75, 3.05) is 0 Å². The molecule has 0 aromatic carbocycles. The van der Waals surface area contributed by atoms with E-state index in [9.17, 15) is 0 Å². The summed E-state index contributed by atoms with van der Waals surface area (Å²) >= 11 is 0. The molecule has 1 unspecified atom stereocenters. The second-order valence-electron chi connectivity index (χ2n) is 11.2. The molecular weight excluding hydrogens is 332 g/mol. The van der Waals surface area contributed by atoms with E-state index in [2.05, 4.69) is 66.8 Å². The lowest BCUT2D eigenvalue weighted by Crippen LogP contribution is -2.49. The first-order valence-corrected chi connectivity index (χ1v) is 14.0. The maximum absolute atomic E-state index is 7.01. The monoisotopic (exact) mass is 374 g/mol. The van der Waals surface area contributed by atoms with Gasteiger partial charge in [0.15, 0.2) is 8.32 Å². The molecule has 3 aliphatic rings. The zero-order valence-corrected chi connectivity index (χ0v) is 19.6. The molecule has 0 aromatic heterocycles. The van der Waals surface area contributed by atoms with Gasteiger partial charge in [0, 0.05) is 0 Å². The van der Waals surface area contributed by atoms with Crippen LogP contribution in [0.3, 0.4) is 0 Å². The predicted molar refractivity (Wildman–Crippen MR) is 116 cm³/mol. The molecule has 0 amide bonds. The fourth-order valence-corrected chi connectivity index (χ4v) is 7.11. The molecule has 2 heteroatoms. The van der Waals surface area contributed by atoms with Crippen molar-refractivity contribution < 1.29 is 4.43 Å². The molecule has 0 bridgehead atoms. The molecule has 0 aromatic rings. The molecule has 3 rings (SSSR count). The minimum absolute atomic E-state index is 0.300. The molecule has 5 atom stereocenters. The van der Waals surface area contributed by atoms with Gasteiger partial charge in [-0.15, -0.1) is 0 Å². The number of allylic oxidation sites excluding steroid dienone is 4. The fourth-order valence-electron chi connectivity index (χ4n) is 5.65. The van der Waals surface area contributed by atoms with Crippen molar-refractivity contribution in [2.24, 2.45) is 23.2 Å². The van der Waals surface area contributed by atoms with Gasteiger partial charge in [0.1, 0.15) is 0 Å². The maximum Gasteiger partial charge on any atom is 0.192 e. The van der Waals surface area contributed by atoms with Crippen LogP contribution in [0.1, 0.15) is 80.1 Å². The smallest absolute Gasteiger partial charge is 0.192 e. The van der Waals surface area contributed by atoms with Crippen molar-refractivity contribution in [1.82, 2.24) is 0 Å². The molecule has 26 heavy (non-hydrogen) atoms. The van der Waals surface area contributed by atoms with Crippen LogP contribution in [0.25, 0.3) is 0 Å². The summed E-state index contributed by atoms with van der Waals surface area (Å²) in [7, 11) is -1.71. The van der Waals surface area contributed by atoms with E-state index in [1.165, 1.54) is 38.5 Å². The van der Waals surface area contributed by atoms with Gasteiger partial charge >= 0.3 is 0 Å². The van der Waals surface area contributed by atoms with Crippen LogP contribution in [0, 0.1) is 23.2 Å². The van der Waals surface area contributed by atoms with Crippen molar-refractivity contribution >= 4 is 8.32 Å². The van der Waals surface area contributed by atoms with Gasteiger partial charge in [-0.1, -0.05) is 58.8 Å². The van der Waals surface area contributed by atoms with Crippen molar-refractivity contribution in [3.05, 3.63) is 23.3 Å².